The topological polar surface area (TPSA) is 56.6 Å². The summed E-state index contributed by atoms with van der Waals surface area (Å²) in [6.45, 7) is 1.74. The van der Waals surface area contributed by atoms with E-state index in [4.69, 9.17) is 28.5 Å². The van der Waals surface area contributed by atoms with E-state index in [2.05, 4.69) is 20.9 Å². The van der Waals surface area contributed by atoms with Gasteiger partial charge < -0.3 is 4.98 Å². The molecule has 0 aliphatic heterocycles. The SMILES string of the molecule is Cc1cc(-c2ccc(Br)c(Cl)c2Cl)c(C#N)c(=O)[nH]1. The van der Waals surface area contributed by atoms with Gasteiger partial charge in [-0.25, -0.2) is 0 Å². The van der Waals surface area contributed by atoms with Crippen LogP contribution in [0.3, 0.4) is 0 Å². The predicted octanol–water partition coefficient (Wildman–Crippen LogP) is 4.29. The highest BCUT2D eigenvalue weighted by molar-refractivity contribution is 9.10. The van der Waals surface area contributed by atoms with E-state index in [1.54, 1.807) is 25.1 Å². The third-order valence-electron chi connectivity index (χ3n) is 2.61. The number of H-pyrrole nitrogens is 1. The van der Waals surface area contributed by atoms with Gasteiger partial charge >= 0.3 is 0 Å². The number of halogens is 3. The first-order valence-corrected chi connectivity index (χ1v) is 6.78. The first-order valence-electron chi connectivity index (χ1n) is 5.23. The van der Waals surface area contributed by atoms with Crippen LogP contribution >= 0.6 is 39.1 Å². The maximum Gasteiger partial charge on any atom is 0.266 e. The van der Waals surface area contributed by atoms with Crippen LogP contribution in [-0.2, 0) is 0 Å². The van der Waals surface area contributed by atoms with Crippen LogP contribution < -0.4 is 5.56 Å². The Balaban J connectivity index is 2.84. The molecule has 0 unspecified atom stereocenters. The third-order valence-corrected chi connectivity index (χ3v) is 4.38. The van der Waals surface area contributed by atoms with Crippen LogP contribution in [0.1, 0.15) is 11.3 Å². The fourth-order valence-electron chi connectivity index (χ4n) is 1.75. The number of aryl methyl sites for hydroxylation is 1. The molecule has 0 saturated carbocycles. The lowest BCUT2D eigenvalue weighted by Crippen LogP contribution is -2.12. The Morgan fingerprint density at radius 2 is 1.95 bits per heavy atom. The molecule has 19 heavy (non-hydrogen) atoms. The van der Waals surface area contributed by atoms with Crippen LogP contribution in [0, 0.1) is 18.3 Å². The first-order chi connectivity index (χ1) is 8.95. The molecule has 1 heterocycles. The van der Waals surface area contributed by atoms with Crippen molar-refractivity contribution in [3.8, 4) is 17.2 Å². The molecule has 2 rings (SSSR count). The maximum absolute atomic E-state index is 11.8. The Morgan fingerprint density at radius 1 is 1.26 bits per heavy atom. The van der Waals surface area contributed by atoms with Crippen LogP contribution in [0.5, 0.6) is 0 Å². The van der Waals surface area contributed by atoms with Gasteiger partial charge in [0.05, 0.1) is 10.0 Å². The van der Waals surface area contributed by atoms with E-state index in [1.807, 2.05) is 6.07 Å². The molecule has 0 spiro atoms. The standard InChI is InChI=1S/C13H7BrCl2N2O/c1-6-4-8(9(5-17)13(19)18-6)7-2-3-10(14)12(16)11(7)15/h2-4H,1H3,(H,18,19). The van der Waals surface area contributed by atoms with Gasteiger partial charge in [-0.2, -0.15) is 5.26 Å². The second-order valence-electron chi connectivity index (χ2n) is 3.90. The van der Waals surface area contributed by atoms with Gasteiger partial charge in [0.15, 0.2) is 0 Å². The summed E-state index contributed by atoms with van der Waals surface area (Å²) in [6.07, 6.45) is 0. The van der Waals surface area contributed by atoms with Crippen molar-refractivity contribution >= 4 is 39.1 Å². The molecule has 0 radical (unpaired) electrons. The van der Waals surface area contributed by atoms with E-state index >= 15 is 0 Å². The lowest BCUT2D eigenvalue weighted by atomic mass is 10.0. The molecular weight excluding hydrogens is 351 g/mol. The van der Waals surface area contributed by atoms with Gasteiger partial charge in [-0.15, -0.1) is 0 Å². The first kappa shape index (κ1) is 14.1. The molecule has 96 valence electrons. The highest BCUT2D eigenvalue weighted by Gasteiger charge is 2.15. The number of aromatic nitrogens is 1. The normalized spacial score (nSPS) is 10.3. The van der Waals surface area contributed by atoms with Crippen LogP contribution in [0.15, 0.2) is 27.5 Å². The van der Waals surface area contributed by atoms with E-state index in [9.17, 15) is 4.79 Å². The van der Waals surface area contributed by atoms with Gasteiger partial charge in [-0.1, -0.05) is 29.3 Å². The predicted molar refractivity (Wildman–Crippen MR) is 79.7 cm³/mol. The molecule has 0 aliphatic rings. The van der Waals surface area contributed by atoms with Crippen molar-refractivity contribution in [3.05, 3.63) is 54.3 Å². The summed E-state index contributed by atoms with van der Waals surface area (Å²) in [5.74, 6) is 0. The van der Waals surface area contributed by atoms with Crippen LogP contribution in [0.25, 0.3) is 11.1 Å². The minimum Gasteiger partial charge on any atom is -0.325 e. The van der Waals surface area contributed by atoms with Crippen molar-refractivity contribution in [2.45, 2.75) is 6.92 Å². The quantitative estimate of drug-likeness (QED) is 0.774. The Kier molecular flexibility index (Phi) is 4.00. The highest BCUT2D eigenvalue weighted by Crippen LogP contribution is 2.38. The monoisotopic (exact) mass is 356 g/mol. The van der Waals surface area contributed by atoms with E-state index in [0.717, 1.165) is 0 Å². The van der Waals surface area contributed by atoms with Gasteiger partial charge in [0.1, 0.15) is 11.6 Å². The number of nitrogens with zero attached hydrogens (tertiary/aromatic N) is 1. The Hall–Kier alpha value is -1.28. The zero-order chi connectivity index (χ0) is 14.2. The number of aromatic amines is 1. The van der Waals surface area contributed by atoms with Crippen LogP contribution in [-0.4, -0.2) is 4.98 Å². The second kappa shape index (κ2) is 5.38. The molecule has 0 amide bonds. The molecule has 1 aromatic carbocycles. The number of hydrogen-bond donors (Lipinski definition) is 1. The zero-order valence-electron chi connectivity index (χ0n) is 9.72. The van der Waals surface area contributed by atoms with Crippen molar-refractivity contribution in [1.29, 1.82) is 5.26 Å². The molecule has 0 bridgehead atoms. The molecule has 2 aromatic rings. The lowest BCUT2D eigenvalue weighted by Gasteiger charge is -2.09. The number of rotatable bonds is 1. The number of benzene rings is 1. The van der Waals surface area contributed by atoms with E-state index in [0.29, 0.717) is 31.3 Å². The summed E-state index contributed by atoms with van der Waals surface area (Å²) in [5.41, 5.74) is 1.26. The smallest absolute Gasteiger partial charge is 0.266 e. The summed E-state index contributed by atoms with van der Waals surface area (Å²) in [6, 6.07) is 7.03. The summed E-state index contributed by atoms with van der Waals surface area (Å²) >= 11 is 15.5. The molecule has 1 aromatic heterocycles. The van der Waals surface area contributed by atoms with E-state index in [-0.39, 0.29) is 5.56 Å². The van der Waals surface area contributed by atoms with Crippen molar-refractivity contribution < 1.29 is 0 Å². The molecule has 0 saturated heterocycles. The zero-order valence-corrected chi connectivity index (χ0v) is 12.8. The van der Waals surface area contributed by atoms with Gasteiger partial charge in [0.25, 0.3) is 5.56 Å². The second-order valence-corrected chi connectivity index (χ2v) is 5.52. The lowest BCUT2D eigenvalue weighted by molar-refractivity contribution is 1.13. The molecule has 6 heteroatoms. The van der Waals surface area contributed by atoms with Crippen molar-refractivity contribution in [1.82, 2.24) is 4.98 Å². The summed E-state index contributed by atoms with van der Waals surface area (Å²) in [7, 11) is 0. The van der Waals surface area contributed by atoms with Crippen LogP contribution in [0.2, 0.25) is 10.0 Å². The van der Waals surface area contributed by atoms with E-state index < -0.39 is 5.56 Å². The fourth-order valence-corrected chi connectivity index (χ4v) is 2.62. The number of nitrogens with one attached hydrogen (secondary N) is 1. The highest BCUT2D eigenvalue weighted by atomic mass is 79.9. The van der Waals surface area contributed by atoms with Crippen LogP contribution in [0.4, 0.5) is 0 Å². The Labute approximate surface area is 127 Å². The third kappa shape index (κ3) is 2.55. The molecule has 0 aliphatic carbocycles. The molecular formula is C13H7BrCl2N2O. The molecule has 3 nitrogen and oxygen atoms in total. The summed E-state index contributed by atoms with van der Waals surface area (Å²) in [5, 5.41) is 9.76. The maximum atomic E-state index is 11.8. The Morgan fingerprint density at radius 3 is 2.58 bits per heavy atom. The molecule has 0 atom stereocenters. The van der Waals surface area contributed by atoms with Gasteiger partial charge in [0, 0.05) is 21.3 Å². The number of nitriles is 1. The largest absolute Gasteiger partial charge is 0.325 e. The Bertz CT molecular complexity index is 762. The average molecular weight is 358 g/mol. The van der Waals surface area contributed by atoms with Gasteiger partial charge in [-0.05, 0) is 35.0 Å². The van der Waals surface area contributed by atoms with Crippen molar-refractivity contribution in [2.24, 2.45) is 0 Å². The van der Waals surface area contributed by atoms with Crippen molar-refractivity contribution in [2.75, 3.05) is 0 Å². The van der Waals surface area contributed by atoms with Gasteiger partial charge in [-0.3, -0.25) is 4.79 Å². The van der Waals surface area contributed by atoms with Gasteiger partial charge in [0.2, 0.25) is 0 Å². The van der Waals surface area contributed by atoms with Crippen molar-refractivity contribution in [3.63, 3.8) is 0 Å². The minimum absolute atomic E-state index is 0.0193. The number of hydrogen-bond acceptors (Lipinski definition) is 2. The minimum atomic E-state index is -0.437. The van der Waals surface area contributed by atoms with E-state index in [1.165, 1.54) is 0 Å². The summed E-state index contributed by atoms with van der Waals surface area (Å²) in [4.78, 5) is 14.3. The average Bonchev–Trinajstić information content (AvgIpc) is 2.35. The molecule has 1 N–H and O–H groups in total. The number of pyridine rings is 1. The summed E-state index contributed by atoms with van der Waals surface area (Å²) < 4.78 is 0.656. The molecule has 0 fully saturated rings. The fraction of sp³-hybridized carbons (Fsp3) is 0.0769.